The third-order valence-corrected chi connectivity index (χ3v) is 3.69. The van der Waals surface area contributed by atoms with Crippen LogP contribution in [0.25, 0.3) is 0 Å². The monoisotopic (exact) mass is 250 g/mol. The molecule has 0 saturated heterocycles. The lowest BCUT2D eigenvalue weighted by Gasteiger charge is -2.34. The fourth-order valence-electron chi connectivity index (χ4n) is 2.71. The van der Waals surface area contributed by atoms with Crippen LogP contribution in [0.15, 0.2) is 12.3 Å². The lowest BCUT2D eigenvalue weighted by molar-refractivity contribution is 0.0630. The number of aromatic nitrogens is 2. The summed E-state index contributed by atoms with van der Waals surface area (Å²) in [6.07, 6.45) is 7.57. The summed E-state index contributed by atoms with van der Waals surface area (Å²) in [6.45, 7) is 1.15. The maximum absolute atomic E-state index is 12.5. The number of carbonyl (C=O) groups is 1. The van der Waals surface area contributed by atoms with E-state index in [1.54, 1.807) is 24.0 Å². The van der Waals surface area contributed by atoms with Gasteiger partial charge in [0, 0.05) is 32.4 Å². The molecule has 0 aliphatic heterocycles. The number of rotatable bonds is 4. The molecule has 1 aromatic heterocycles. The molecule has 5 nitrogen and oxygen atoms in total. The van der Waals surface area contributed by atoms with Crippen molar-refractivity contribution < 1.29 is 4.79 Å². The molecular weight excluding hydrogens is 228 g/mol. The van der Waals surface area contributed by atoms with Gasteiger partial charge in [-0.05, 0) is 18.9 Å². The highest BCUT2D eigenvalue weighted by atomic mass is 16.2. The molecule has 5 heteroatoms. The quantitative estimate of drug-likeness (QED) is 0.872. The van der Waals surface area contributed by atoms with Crippen molar-refractivity contribution in [3.63, 3.8) is 0 Å². The van der Waals surface area contributed by atoms with Crippen LogP contribution in [-0.4, -0.2) is 39.7 Å². The fraction of sp³-hybridized carbons (Fsp3) is 0.692. The van der Waals surface area contributed by atoms with E-state index in [-0.39, 0.29) is 5.91 Å². The van der Waals surface area contributed by atoms with Gasteiger partial charge in [0.25, 0.3) is 5.91 Å². The predicted octanol–water partition coefficient (Wildman–Crippen LogP) is 1.15. The molecular formula is C13H22N4O. The molecule has 0 bridgehead atoms. The largest absolute Gasteiger partial charge is 0.333 e. The van der Waals surface area contributed by atoms with E-state index in [1.165, 1.54) is 19.3 Å². The smallest absolute Gasteiger partial charge is 0.272 e. The van der Waals surface area contributed by atoms with E-state index in [4.69, 9.17) is 5.73 Å². The Kier molecular flexibility index (Phi) is 4.36. The number of nitrogens with zero attached hydrogens (tertiary/aromatic N) is 3. The van der Waals surface area contributed by atoms with Crippen molar-refractivity contribution in [3.05, 3.63) is 18.0 Å². The normalized spacial score (nSPS) is 16.8. The highest BCUT2D eigenvalue weighted by molar-refractivity contribution is 5.92. The number of hydrogen-bond donors (Lipinski definition) is 1. The molecule has 1 aromatic rings. The van der Waals surface area contributed by atoms with Gasteiger partial charge in [-0.1, -0.05) is 19.3 Å². The van der Waals surface area contributed by atoms with E-state index in [9.17, 15) is 4.79 Å². The molecule has 18 heavy (non-hydrogen) atoms. The van der Waals surface area contributed by atoms with Crippen molar-refractivity contribution in [1.82, 2.24) is 14.7 Å². The van der Waals surface area contributed by atoms with Gasteiger partial charge in [-0.15, -0.1) is 0 Å². The fourth-order valence-corrected chi connectivity index (χ4v) is 2.71. The lowest BCUT2D eigenvalue weighted by Crippen LogP contribution is -2.44. The van der Waals surface area contributed by atoms with E-state index < -0.39 is 0 Å². The number of carbonyl (C=O) groups excluding carboxylic acids is 1. The van der Waals surface area contributed by atoms with Crippen molar-refractivity contribution in [2.75, 3.05) is 13.1 Å². The second kappa shape index (κ2) is 6.00. The number of amides is 1. The Hall–Kier alpha value is -1.36. The summed E-state index contributed by atoms with van der Waals surface area (Å²) in [5.41, 5.74) is 6.30. The molecule has 0 spiro atoms. The molecule has 1 saturated carbocycles. The highest BCUT2D eigenvalue weighted by Crippen LogP contribution is 2.23. The van der Waals surface area contributed by atoms with E-state index in [0.717, 1.165) is 12.8 Å². The topological polar surface area (TPSA) is 64.2 Å². The van der Waals surface area contributed by atoms with Crippen LogP contribution in [0.4, 0.5) is 0 Å². The summed E-state index contributed by atoms with van der Waals surface area (Å²) in [5, 5.41) is 4.06. The lowest BCUT2D eigenvalue weighted by atomic mass is 9.94. The number of nitrogens with two attached hydrogens (primary N) is 1. The minimum Gasteiger partial charge on any atom is -0.333 e. The molecule has 1 aliphatic rings. The van der Waals surface area contributed by atoms with Crippen molar-refractivity contribution in [2.24, 2.45) is 12.8 Å². The Bertz CT molecular complexity index is 395. The van der Waals surface area contributed by atoms with Crippen molar-refractivity contribution in [3.8, 4) is 0 Å². The van der Waals surface area contributed by atoms with E-state index in [0.29, 0.717) is 24.8 Å². The van der Waals surface area contributed by atoms with Gasteiger partial charge in [0.2, 0.25) is 0 Å². The summed E-state index contributed by atoms with van der Waals surface area (Å²) in [4.78, 5) is 14.5. The maximum Gasteiger partial charge on any atom is 0.272 e. The van der Waals surface area contributed by atoms with Crippen LogP contribution in [0.2, 0.25) is 0 Å². The molecule has 100 valence electrons. The molecule has 2 N–H and O–H groups in total. The first-order chi connectivity index (χ1) is 8.74. The highest BCUT2D eigenvalue weighted by Gasteiger charge is 2.26. The zero-order valence-corrected chi connectivity index (χ0v) is 11.0. The average Bonchev–Trinajstić information content (AvgIpc) is 2.82. The summed E-state index contributed by atoms with van der Waals surface area (Å²) in [6, 6.07) is 2.12. The van der Waals surface area contributed by atoms with Crippen molar-refractivity contribution in [1.29, 1.82) is 0 Å². The van der Waals surface area contributed by atoms with Gasteiger partial charge in [-0.25, -0.2) is 0 Å². The van der Waals surface area contributed by atoms with Crippen LogP contribution in [0.3, 0.4) is 0 Å². The molecule has 1 aliphatic carbocycles. The molecule has 0 radical (unpaired) electrons. The first kappa shape index (κ1) is 13.1. The second-order valence-corrected chi connectivity index (χ2v) is 4.92. The SMILES string of the molecule is Cn1nccc1C(=O)N(CCN)C1CCCCC1. The van der Waals surface area contributed by atoms with Gasteiger partial charge >= 0.3 is 0 Å². The van der Waals surface area contributed by atoms with Crippen molar-refractivity contribution in [2.45, 2.75) is 38.1 Å². The summed E-state index contributed by atoms with van der Waals surface area (Å²) < 4.78 is 1.63. The Labute approximate surface area is 108 Å². The van der Waals surface area contributed by atoms with Gasteiger partial charge < -0.3 is 10.6 Å². The zero-order valence-electron chi connectivity index (χ0n) is 11.0. The van der Waals surface area contributed by atoms with Crippen molar-refractivity contribution >= 4 is 5.91 Å². The summed E-state index contributed by atoms with van der Waals surface area (Å²) >= 11 is 0. The Morgan fingerprint density at radius 3 is 2.78 bits per heavy atom. The molecule has 0 atom stereocenters. The summed E-state index contributed by atoms with van der Waals surface area (Å²) in [7, 11) is 1.80. The zero-order chi connectivity index (χ0) is 13.0. The average molecular weight is 250 g/mol. The number of hydrogen-bond acceptors (Lipinski definition) is 3. The van der Waals surface area contributed by atoms with Crippen LogP contribution in [0.5, 0.6) is 0 Å². The molecule has 0 aromatic carbocycles. The van der Waals surface area contributed by atoms with Crippen LogP contribution >= 0.6 is 0 Å². The molecule has 0 unspecified atom stereocenters. The predicted molar refractivity (Wildman–Crippen MR) is 70.2 cm³/mol. The Morgan fingerprint density at radius 1 is 1.50 bits per heavy atom. The van der Waals surface area contributed by atoms with Gasteiger partial charge in [0.05, 0.1) is 0 Å². The minimum atomic E-state index is 0.0624. The third-order valence-electron chi connectivity index (χ3n) is 3.69. The van der Waals surface area contributed by atoms with Crippen LogP contribution in [-0.2, 0) is 7.05 Å². The van der Waals surface area contributed by atoms with E-state index >= 15 is 0 Å². The number of aryl methyl sites for hydroxylation is 1. The van der Waals surface area contributed by atoms with Crippen LogP contribution < -0.4 is 5.73 Å². The van der Waals surface area contributed by atoms with Crippen LogP contribution in [0, 0.1) is 0 Å². The first-order valence-electron chi connectivity index (χ1n) is 6.73. The molecule has 1 fully saturated rings. The van der Waals surface area contributed by atoms with E-state index in [1.807, 2.05) is 4.90 Å². The molecule has 1 amide bonds. The van der Waals surface area contributed by atoms with Gasteiger partial charge in [0.15, 0.2) is 0 Å². The standard InChI is InChI=1S/C13H22N4O/c1-16-12(7-9-15-16)13(18)17(10-8-14)11-5-3-2-4-6-11/h7,9,11H,2-6,8,10,14H2,1H3. The maximum atomic E-state index is 12.5. The summed E-state index contributed by atoms with van der Waals surface area (Å²) in [5.74, 6) is 0.0624. The third kappa shape index (κ3) is 2.72. The van der Waals surface area contributed by atoms with Gasteiger partial charge in [-0.2, -0.15) is 5.10 Å². The van der Waals surface area contributed by atoms with Crippen LogP contribution in [0.1, 0.15) is 42.6 Å². The Balaban J connectivity index is 2.13. The first-order valence-corrected chi connectivity index (χ1v) is 6.73. The van der Waals surface area contributed by atoms with E-state index in [2.05, 4.69) is 5.10 Å². The molecule has 2 rings (SSSR count). The molecule has 1 heterocycles. The van der Waals surface area contributed by atoms with Gasteiger partial charge in [-0.3, -0.25) is 9.48 Å². The minimum absolute atomic E-state index is 0.0624. The second-order valence-electron chi connectivity index (χ2n) is 4.92. The Morgan fingerprint density at radius 2 is 2.22 bits per heavy atom. The van der Waals surface area contributed by atoms with Gasteiger partial charge in [0.1, 0.15) is 5.69 Å².